The van der Waals surface area contributed by atoms with Crippen molar-refractivity contribution >= 4 is 17.6 Å². The standard InChI is InChI=1S/C31H43FN8O2/c1-4-17-40-24(18-33-39-40)30(41)36-28(27(21-11-7-5-8-12-21)22-13-9-6-10-14-22)31(42)35-25-16-15-23(29(32)34-25)26-19(2)37-38-20(26)3/h15-16,18,21-22,27-28H,4-14,17H2,1-3H3,(H,36,41)(H,37,38)(H,34,35,42)/t28-/m0/s1. The summed E-state index contributed by atoms with van der Waals surface area (Å²) in [4.78, 5) is 31.9. The number of hydrogen-bond acceptors (Lipinski definition) is 6. The molecule has 0 aliphatic heterocycles. The zero-order chi connectivity index (χ0) is 29.6. The van der Waals surface area contributed by atoms with Crippen LogP contribution >= 0.6 is 0 Å². The zero-order valence-corrected chi connectivity index (χ0v) is 25.0. The van der Waals surface area contributed by atoms with Gasteiger partial charge in [-0.1, -0.05) is 76.3 Å². The normalized spacial score (nSPS) is 17.4. The number of pyridine rings is 1. The number of amides is 2. The molecule has 226 valence electrons. The first kappa shape index (κ1) is 29.8. The molecule has 2 fully saturated rings. The van der Waals surface area contributed by atoms with Gasteiger partial charge in [-0.05, 0) is 50.2 Å². The molecule has 11 heteroatoms. The Bertz CT molecular complexity index is 1340. The number of H-pyrrole nitrogens is 1. The van der Waals surface area contributed by atoms with Crippen molar-refractivity contribution in [1.29, 1.82) is 0 Å². The topological polar surface area (TPSA) is 130 Å². The van der Waals surface area contributed by atoms with Gasteiger partial charge in [0.15, 0.2) is 0 Å². The fourth-order valence-corrected chi connectivity index (χ4v) is 7.17. The molecular weight excluding hydrogens is 535 g/mol. The van der Waals surface area contributed by atoms with E-state index < -0.39 is 12.0 Å². The number of carbonyl (C=O) groups is 2. The van der Waals surface area contributed by atoms with Gasteiger partial charge in [0.25, 0.3) is 5.91 Å². The fraction of sp³-hybridized carbons (Fsp3) is 0.613. The summed E-state index contributed by atoms with van der Waals surface area (Å²) in [6, 6.07) is 2.43. The average molecular weight is 579 g/mol. The van der Waals surface area contributed by atoms with Crippen LogP contribution in [-0.2, 0) is 11.3 Å². The van der Waals surface area contributed by atoms with E-state index in [1.807, 2.05) is 13.8 Å². The van der Waals surface area contributed by atoms with Gasteiger partial charge >= 0.3 is 0 Å². The highest BCUT2D eigenvalue weighted by Gasteiger charge is 2.41. The minimum Gasteiger partial charge on any atom is -0.339 e. The Hall–Kier alpha value is -3.63. The lowest BCUT2D eigenvalue weighted by Crippen LogP contribution is -2.53. The third-order valence-electron chi connectivity index (χ3n) is 9.13. The lowest BCUT2D eigenvalue weighted by molar-refractivity contribution is -0.121. The van der Waals surface area contributed by atoms with Crippen molar-refractivity contribution in [3.05, 3.63) is 41.4 Å². The number of halogens is 1. The molecule has 0 radical (unpaired) electrons. The van der Waals surface area contributed by atoms with E-state index in [1.54, 1.807) is 23.7 Å². The van der Waals surface area contributed by atoms with Crippen molar-refractivity contribution in [3.8, 4) is 11.1 Å². The van der Waals surface area contributed by atoms with Crippen LogP contribution in [0.15, 0.2) is 18.3 Å². The van der Waals surface area contributed by atoms with Crippen LogP contribution < -0.4 is 10.6 Å². The third-order valence-corrected chi connectivity index (χ3v) is 9.13. The van der Waals surface area contributed by atoms with Crippen LogP contribution in [0.4, 0.5) is 10.2 Å². The van der Waals surface area contributed by atoms with Crippen LogP contribution in [0.3, 0.4) is 0 Å². The van der Waals surface area contributed by atoms with E-state index in [0.29, 0.717) is 40.9 Å². The smallest absolute Gasteiger partial charge is 0.271 e. The second-order valence-electron chi connectivity index (χ2n) is 12.0. The summed E-state index contributed by atoms with van der Waals surface area (Å²) >= 11 is 0. The highest BCUT2D eigenvalue weighted by atomic mass is 19.1. The van der Waals surface area contributed by atoms with Gasteiger partial charge in [-0.3, -0.25) is 14.7 Å². The Morgan fingerprint density at radius 3 is 2.29 bits per heavy atom. The lowest BCUT2D eigenvalue weighted by Gasteiger charge is -2.41. The van der Waals surface area contributed by atoms with E-state index in [-0.39, 0.29) is 23.6 Å². The highest BCUT2D eigenvalue weighted by Crippen LogP contribution is 2.42. The van der Waals surface area contributed by atoms with Gasteiger partial charge in [-0.15, -0.1) is 5.10 Å². The van der Waals surface area contributed by atoms with Crippen LogP contribution in [0.1, 0.15) is 99.4 Å². The molecular formula is C31H43FN8O2. The number of aryl methyl sites for hydroxylation is 3. The SMILES string of the molecule is CCCn1nncc1C(=O)N[C@H](C(=O)Nc1ccc(-c2c(C)n[nH]c2C)c(F)n1)C(C1CCCCC1)C1CCCCC1. The van der Waals surface area contributed by atoms with Gasteiger partial charge in [-0.2, -0.15) is 9.49 Å². The Morgan fingerprint density at radius 1 is 1.05 bits per heavy atom. The predicted molar refractivity (Wildman–Crippen MR) is 158 cm³/mol. The molecule has 3 heterocycles. The van der Waals surface area contributed by atoms with Crippen molar-refractivity contribution in [2.24, 2.45) is 17.8 Å². The Labute approximate surface area is 246 Å². The summed E-state index contributed by atoms with van der Waals surface area (Å²) in [5.74, 6) is -0.675. The number of carbonyl (C=O) groups excluding carboxylic acids is 2. The lowest BCUT2D eigenvalue weighted by atomic mass is 9.66. The number of anilines is 1. The van der Waals surface area contributed by atoms with E-state index in [0.717, 1.165) is 63.5 Å². The van der Waals surface area contributed by atoms with Crippen molar-refractivity contribution < 1.29 is 14.0 Å². The first-order valence-electron chi connectivity index (χ1n) is 15.6. The minimum absolute atomic E-state index is 0.0228. The summed E-state index contributed by atoms with van der Waals surface area (Å²) in [7, 11) is 0. The monoisotopic (exact) mass is 578 g/mol. The second-order valence-corrected chi connectivity index (χ2v) is 12.0. The van der Waals surface area contributed by atoms with Gasteiger partial charge < -0.3 is 10.6 Å². The molecule has 42 heavy (non-hydrogen) atoms. The highest BCUT2D eigenvalue weighted by molar-refractivity contribution is 6.00. The Kier molecular flexibility index (Phi) is 9.64. The number of nitrogens with one attached hydrogen (secondary N) is 3. The summed E-state index contributed by atoms with van der Waals surface area (Å²) in [6.07, 6.45) is 13.3. The van der Waals surface area contributed by atoms with Gasteiger partial charge in [0.2, 0.25) is 11.9 Å². The molecule has 3 N–H and O–H groups in total. The van der Waals surface area contributed by atoms with Crippen molar-refractivity contribution in [2.75, 3.05) is 5.32 Å². The molecule has 0 aromatic carbocycles. The maximum Gasteiger partial charge on any atom is 0.271 e. The van der Waals surface area contributed by atoms with E-state index in [9.17, 15) is 9.59 Å². The number of aromatic nitrogens is 6. The predicted octanol–water partition coefficient (Wildman–Crippen LogP) is 5.74. The molecule has 0 unspecified atom stereocenters. The van der Waals surface area contributed by atoms with Crippen LogP contribution in [0.25, 0.3) is 11.1 Å². The van der Waals surface area contributed by atoms with Crippen molar-refractivity contribution in [3.63, 3.8) is 0 Å². The quantitative estimate of drug-likeness (QED) is 0.263. The zero-order valence-electron chi connectivity index (χ0n) is 25.0. The third kappa shape index (κ3) is 6.55. The van der Waals surface area contributed by atoms with Gasteiger partial charge in [0.05, 0.1) is 11.9 Å². The summed E-state index contributed by atoms with van der Waals surface area (Å²) in [5.41, 5.74) is 2.73. The molecule has 0 spiro atoms. The van der Waals surface area contributed by atoms with Gasteiger partial charge in [0.1, 0.15) is 17.6 Å². The summed E-state index contributed by atoms with van der Waals surface area (Å²) < 4.78 is 16.9. The number of rotatable bonds is 10. The molecule has 10 nitrogen and oxygen atoms in total. The first-order valence-corrected chi connectivity index (χ1v) is 15.6. The van der Waals surface area contributed by atoms with Crippen LogP contribution in [0.5, 0.6) is 0 Å². The number of aromatic amines is 1. The summed E-state index contributed by atoms with van der Waals surface area (Å²) in [6.45, 7) is 6.20. The molecule has 0 saturated heterocycles. The van der Waals surface area contributed by atoms with Crippen molar-refractivity contribution in [2.45, 2.75) is 104 Å². The summed E-state index contributed by atoms with van der Waals surface area (Å²) in [5, 5.41) is 21.0. The van der Waals surface area contributed by atoms with E-state index in [1.165, 1.54) is 19.0 Å². The molecule has 0 bridgehead atoms. The molecule has 2 aliphatic rings. The van der Waals surface area contributed by atoms with Crippen LogP contribution in [0.2, 0.25) is 0 Å². The number of nitrogens with zero attached hydrogens (tertiary/aromatic N) is 5. The second kappa shape index (κ2) is 13.6. The molecule has 2 saturated carbocycles. The molecule has 1 atom stereocenters. The fourth-order valence-electron chi connectivity index (χ4n) is 7.17. The largest absolute Gasteiger partial charge is 0.339 e. The van der Waals surface area contributed by atoms with E-state index in [4.69, 9.17) is 0 Å². The van der Waals surface area contributed by atoms with Crippen LogP contribution in [0, 0.1) is 37.5 Å². The molecule has 2 amide bonds. The molecule has 2 aliphatic carbocycles. The molecule has 5 rings (SSSR count). The van der Waals surface area contributed by atoms with Crippen LogP contribution in [-0.4, -0.2) is 48.0 Å². The molecule has 3 aromatic heterocycles. The van der Waals surface area contributed by atoms with Crippen molar-refractivity contribution in [1.82, 2.24) is 35.5 Å². The van der Waals surface area contributed by atoms with E-state index in [2.05, 4.69) is 36.1 Å². The Morgan fingerprint density at radius 2 is 1.71 bits per heavy atom. The first-order chi connectivity index (χ1) is 20.4. The maximum atomic E-state index is 15.3. The average Bonchev–Trinajstić information content (AvgIpc) is 3.60. The number of hydrogen-bond donors (Lipinski definition) is 3. The Balaban J connectivity index is 1.46. The molecule has 3 aromatic rings. The minimum atomic E-state index is -0.795. The van der Waals surface area contributed by atoms with E-state index >= 15 is 4.39 Å². The van der Waals surface area contributed by atoms with Gasteiger partial charge in [-0.25, -0.2) is 9.67 Å². The maximum absolute atomic E-state index is 15.3. The van der Waals surface area contributed by atoms with Gasteiger partial charge in [0, 0.05) is 23.4 Å².